The first-order valence-electron chi connectivity index (χ1n) is 5.41. The van der Waals surface area contributed by atoms with E-state index in [0.717, 1.165) is 11.9 Å². The number of rotatable bonds is 4. The quantitative estimate of drug-likeness (QED) is 0.936. The van der Waals surface area contributed by atoms with E-state index in [-0.39, 0.29) is 11.1 Å². The predicted molar refractivity (Wildman–Crippen MR) is 73.7 cm³/mol. The molecule has 0 aromatic carbocycles. The Kier molecular flexibility index (Phi) is 3.68. The minimum Gasteiger partial charge on any atom is -0.377 e. The van der Waals surface area contributed by atoms with Gasteiger partial charge in [-0.25, -0.2) is 13.4 Å². The summed E-state index contributed by atoms with van der Waals surface area (Å²) in [5, 5.41) is 7.47. The molecular weight excluding hydrogens is 268 g/mol. The molecule has 0 amide bonds. The second-order valence-electron chi connectivity index (χ2n) is 4.08. The molecule has 0 aliphatic carbocycles. The zero-order valence-electron chi connectivity index (χ0n) is 10.1. The van der Waals surface area contributed by atoms with Crippen molar-refractivity contribution >= 4 is 26.9 Å². The fourth-order valence-electron chi connectivity index (χ4n) is 1.54. The van der Waals surface area contributed by atoms with E-state index in [4.69, 9.17) is 0 Å². The minimum absolute atomic E-state index is 0.0937. The van der Waals surface area contributed by atoms with Crippen LogP contribution in [0.2, 0.25) is 0 Å². The molecule has 2 heterocycles. The highest BCUT2D eigenvalue weighted by Crippen LogP contribution is 2.21. The van der Waals surface area contributed by atoms with Crippen LogP contribution < -0.4 is 5.32 Å². The molecule has 4 nitrogen and oxygen atoms in total. The predicted octanol–water partition coefficient (Wildman–Crippen LogP) is 2.72. The average molecular weight is 282 g/mol. The first-order chi connectivity index (χ1) is 8.47. The van der Waals surface area contributed by atoms with Gasteiger partial charge in [0.25, 0.3) is 0 Å². The van der Waals surface area contributed by atoms with E-state index in [1.807, 2.05) is 12.3 Å². The van der Waals surface area contributed by atoms with Gasteiger partial charge in [0.1, 0.15) is 0 Å². The van der Waals surface area contributed by atoms with Gasteiger partial charge >= 0.3 is 0 Å². The Balaban J connectivity index is 2.12. The zero-order valence-corrected chi connectivity index (χ0v) is 11.8. The maximum absolute atomic E-state index is 11.3. The van der Waals surface area contributed by atoms with Crippen LogP contribution in [0.15, 0.2) is 40.2 Å². The molecule has 0 aliphatic rings. The summed E-state index contributed by atoms with van der Waals surface area (Å²) in [5.74, 6) is 0. The van der Waals surface area contributed by atoms with Crippen molar-refractivity contribution in [1.82, 2.24) is 4.98 Å². The van der Waals surface area contributed by atoms with Gasteiger partial charge in [0, 0.05) is 12.3 Å². The number of nitrogens with one attached hydrogen (secondary N) is 1. The van der Waals surface area contributed by atoms with E-state index >= 15 is 0 Å². The van der Waals surface area contributed by atoms with Crippen LogP contribution in [0.3, 0.4) is 0 Å². The third kappa shape index (κ3) is 3.08. The molecule has 0 aliphatic heterocycles. The summed E-state index contributed by atoms with van der Waals surface area (Å²) in [6.07, 6.45) is 2.69. The topological polar surface area (TPSA) is 59.1 Å². The average Bonchev–Trinajstić information content (AvgIpc) is 2.82. The summed E-state index contributed by atoms with van der Waals surface area (Å²) >= 11 is 1.65. The molecule has 2 aromatic heterocycles. The third-order valence-electron chi connectivity index (χ3n) is 2.54. The molecule has 6 heteroatoms. The lowest BCUT2D eigenvalue weighted by molar-refractivity contribution is 0.598. The Bertz CT molecular complexity index is 604. The molecule has 1 unspecified atom stereocenters. The SMILES string of the molecule is CC(Nc1ccc(S(C)(=O)=O)nc1)c1ccsc1. The van der Waals surface area contributed by atoms with Crippen LogP contribution in [0.5, 0.6) is 0 Å². The Labute approximate surface area is 111 Å². The van der Waals surface area contributed by atoms with Crippen molar-refractivity contribution in [2.24, 2.45) is 0 Å². The molecule has 0 saturated carbocycles. The van der Waals surface area contributed by atoms with Gasteiger partial charge in [0.15, 0.2) is 14.9 Å². The number of thiophene rings is 1. The minimum atomic E-state index is -3.23. The van der Waals surface area contributed by atoms with Gasteiger partial charge in [-0.3, -0.25) is 0 Å². The zero-order chi connectivity index (χ0) is 13.2. The van der Waals surface area contributed by atoms with E-state index < -0.39 is 9.84 Å². The Morgan fingerprint density at radius 3 is 2.61 bits per heavy atom. The fourth-order valence-corrected chi connectivity index (χ4v) is 2.85. The molecule has 2 rings (SSSR count). The first kappa shape index (κ1) is 13.0. The molecule has 0 fully saturated rings. The molecule has 2 aromatic rings. The summed E-state index contributed by atoms with van der Waals surface area (Å²) < 4.78 is 22.5. The molecular formula is C12H14N2O2S2. The Morgan fingerprint density at radius 1 is 1.33 bits per heavy atom. The maximum atomic E-state index is 11.3. The smallest absolute Gasteiger partial charge is 0.192 e. The van der Waals surface area contributed by atoms with E-state index in [1.54, 1.807) is 23.6 Å². The number of pyridine rings is 1. The highest BCUT2D eigenvalue weighted by Gasteiger charge is 2.09. The van der Waals surface area contributed by atoms with Crippen LogP contribution in [0.4, 0.5) is 5.69 Å². The van der Waals surface area contributed by atoms with Gasteiger partial charge in [-0.05, 0) is 41.4 Å². The molecule has 96 valence electrons. The van der Waals surface area contributed by atoms with Crippen LogP contribution in [-0.2, 0) is 9.84 Å². The normalized spacial score (nSPS) is 13.2. The molecule has 0 spiro atoms. The molecule has 1 N–H and O–H groups in total. The number of anilines is 1. The highest BCUT2D eigenvalue weighted by atomic mass is 32.2. The van der Waals surface area contributed by atoms with Gasteiger partial charge in [-0.15, -0.1) is 0 Å². The third-order valence-corrected chi connectivity index (χ3v) is 4.25. The van der Waals surface area contributed by atoms with E-state index in [1.165, 1.54) is 11.6 Å². The van der Waals surface area contributed by atoms with Crippen molar-refractivity contribution in [3.05, 3.63) is 40.7 Å². The first-order valence-corrected chi connectivity index (χ1v) is 8.25. The fraction of sp³-hybridized carbons (Fsp3) is 0.250. The molecule has 18 heavy (non-hydrogen) atoms. The van der Waals surface area contributed by atoms with E-state index in [2.05, 4.69) is 21.7 Å². The molecule has 0 radical (unpaired) electrons. The van der Waals surface area contributed by atoms with E-state index in [0.29, 0.717) is 0 Å². The monoisotopic (exact) mass is 282 g/mol. The Hall–Kier alpha value is -1.40. The standard InChI is InChI=1S/C12H14N2O2S2/c1-9(10-5-6-17-8-10)14-11-3-4-12(13-7-11)18(2,15)16/h3-9,14H,1-2H3. The van der Waals surface area contributed by atoms with Crippen LogP contribution >= 0.6 is 11.3 Å². The lowest BCUT2D eigenvalue weighted by Crippen LogP contribution is -2.07. The number of sulfone groups is 1. The van der Waals surface area contributed by atoms with Crippen molar-refractivity contribution in [2.45, 2.75) is 18.0 Å². The van der Waals surface area contributed by atoms with E-state index in [9.17, 15) is 8.42 Å². The molecule has 0 bridgehead atoms. The number of nitrogens with zero attached hydrogens (tertiary/aromatic N) is 1. The highest BCUT2D eigenvalue weighted by molar-refractivity contribution is 7.90. The van der Waals surface area contributed by atoms with Crippen LogP contribution in [-0.4, -0.2) is 19.7 Å². The maximum Gasteiger partial charge on any atom is 0.192 e. The largest absolute Gasteiger partial charge is 0.377 e. The summed E-state index contributed by atoms with van der Waals surface area (Å²) in [7, 11) is -3.23. The van der Waals surface area contributed by atoms with Crippen molar-refractivity contribution < 1.29 is 8.42 Å². The van der Waals surface area contributed by atoms with Gasteiger partial charge in [-0.1, -0.05) is 0 Å². The van der Waals surface area contributed by atoms with Crippen LogP contribution in [0, 0.1) is 0 Å². The summed E-state index contributed by atoms with van der Waals surface area (Å²) in [6, 6.07) is 5.47. The second-order valence-corrected chi connectivity index (χ2v) is 6.82. The lowest BCUT2D eigenvalue weighted by atomic mass is 10.2. The molecule has 1 atom stereocenters. The number of hydrogen-bond donors (Lipinski definition) is 1. The second kappa shape index (κ2) is 5.07. The van der Waals surface area contributed by atoms with Gasteiger partial charge < -0.3 is 5.32 Å². The summed E-state index contributed by atoms with van der Waals surface area (Å²) in [5.41, 5.74) is 2.01. The van der Waals surface area contributed by atoms with Gasteiger partial charge in [0.05, 0.1) is 11.9 Å². The van der Waals surface area contributed by atoms with Crippen LogP contribution in [0.1, 0.15) is 18.5 Å². The van der Waals surface area contributed by atoms with Crippen molar-refractivity contribution in [2.75, 3.05) is 11.6 Å². The Morgan fingerprint density at radius 2 is 2.11 bits per heavy atom. The van der Waals surface area contributed by atoms with Crippen molar-refractivity contribution in [3.8, 4) is 0 Å². The van der Waals surface area contributed by atoms with Gasteiger partial charge in [-0.2, -0.15) is 11.3 Å². The molecule has 0 saturated heterocycles. The van der Waals surface area contributed by atoms with Crippen LogP contribution in [0.25, 0.3) is 0 Å². The number of hydrogen-bond acceptors (Lipinski definition) is 5. The summed E-state index contributed by atoms with van der Waals surface area (Å²) in [6.45, 7) is 2.05. The lowest BCUT2D eigenvalue weighted by Gasteiger charge is -2.13. The van der Waals surface area contributed by atoms with Gasteiger partial charge in [0.2, 0.25) is 0 Å². The summed E-state index contributed by atoms with van der Waals surface area (Å²) in [4.78, 5) is 3.94. The number of aromatic nitrogens is 1. The van der Waals surface area contributed by atoms with Crippen molar-refractivity contribution in [3.63, 3.8) is 0 Å². The van der Waals surface area contributed by atoms with Crippen molar-refractivity contribution in [1.29, 1.82) is 0 Å².